The molecular formula is C14H19Cl3N2O. The van der Waals surface area contributed by atoms with Crippen LogP contribution in [0.15, 0.2) is 12.1 Å². The molecule has 2 unspecified atom stereocenters. The topological polar surface area (TPSA) is 46.3 Å². The number of carbonyl (C=O) groups is 1. The highest BCUT2D eigenvalue weighted by atomic mass is 35.5. The van der Waals surface area contributed by atoms with E-state index < -0.39 is 0 Å². The molecule has 1 aromatic carbocycles. The van der Waals surface area contributed by atoms with Gasteiger partial charge in [-0.1, -0.05) is 23.2 Å². The molecule has 1 aromatic rings. The van der Waals surface area contributed by atoms with Crippen molar-refractivity contribution in [3.05, 3.63) is 33.3 Å². The first-order chi connectivity index (χ1) is 8.90. The molecule has 112 valence electrons. The molecule has 20 heavy (non-hydrogen) atoms. The van der Waals surface area contributed by atoms with E-state index in [-0.39, 0.29) is 30.4 Å². The van der Waals surface area contributed by atoms with Crippen molar-refractivity contribution < 1.29 is 4.79 Å². The lowest BCUT2D eigenvalue weighted by Crippen LogP contribution is -2.41. The van der Waals surface area contributed by atoms with E-state index in [0.717, 1.165) is 17.5 Å². The second kappa shape index (κ2) is 6.99. The van der Waals surface area contributed by atoms with Crippen LogP contribution in [-0.2, 0) is 11.2 Å². The molecule has 0 aromatic heterocycles. The maximum Gasteiger partial charge on any atom is 0.224 e. The second-order valence-electron chi connectivity index (χ2n) is 5.15. The second-order valence-corrected chi connectivity index (χ2v) is 6.00. The predicted molar refractivity (Wildman–Crippen MR) is 85.8 cm³/mol. The fourth-order valence-electron chi connectivity index (χ4n) is 2.64. The largest absolute Gasteiger partial charge is 0.335 e. The van der Waals surface area contributed by atoms with E-state index in [9.17, 15) is 4.79 Å². The molecule has 2 N–H and O–H groups in total. The maximum atomic E-state index is 12.2. The zero-order valence-corrected chi connectivity index (χ0v) is 13.9. The van der Waals surface area contributed by atoms with Crippen LogP contribution < -0.4 is 5.73 Å². The molecule has 0 spiro atoms. The molecule has 0 aliphatic carbocycles. The Morgan fingerprint density at radius 2 is 2.15 bits per heavy atom. The lowest BCUT2D eigenvalue weighted by atomic mass is 9.93. The van der Waals surface area contributed by atoms with Crippen molar-refractivity contribution in [1.82, 2.24) is 4.90 Å². The van der Waals surface area contributed by atoms with Crippen molar-refractivity contribution in [2.24, 2.45) is 5.73 Å². The van der Waals surface area contributed by atoms with E-state index in [4.69, 9.17) is 28.9 Å². The van der Waals surface area contributed by atoms with Gasteiger partial charge in [0.2, 0.25) is 5.91 Å². The highest BCUT2D eigenvalue weighted by molar-refractivity contribution is 6.35. The highest BCUT2D eigenvalue weighted by Crippen LogP contribution is 2.37. The SMILES string of the molecule is CC(N)CC(=O)N1CCc2cc(Cl)cc(Cl)c2C1C.Cl. The molecule has 6 heteroatoms. The Balaban J connectivity index is 0.00000200. The fraction of sp³-hybridized carbons (Fsp3) is 0.500. The van der Waals surface area contributed by atoms with Gasteiger partial charge >= 0.3 is 0 Å². The Labute approximate surface area is 135 Å². The summed E-state index contributed by atoms with van der Waals surface area (Å²) in [5, 5.41) is 1.28. The van der Waals surface area contributed by atoms with Crippen molar-refractivity contribution in [3.8, 4) is 0 Å². The lowest BCUT2D eigenvalue weighted by molar-refractivity contribution is -0.134. The molecule has 2 atom stereocenters. The van der Waals surface area contributed by atoms with Crippen LogP contribution >= 0.6 is 35.6 Å². The number of nitrogens with zero attached hydrogens (tertiary/aromatic N) is 1. The minimum atomic E-state index is -0.123. The number of hydrogen-bond donors (Lipinski definition) is 1. The Hall–Kier alpha value is -0.480. The Morgan fingerprint density at radius 3 is 2.75 bits per heavy atom. The number of nitrogens with two attached hydrogens (primary N) is 1. The fourth-order valence-corrected chi connectivity index (χ4v) is 3.33. The maximum absolute atomic E-state index is 12.2. The Morgan fingerprint density at radius 1 is 1.50 bits per heavy atom. The van der Waals surface area contributed by atoms with Gasteiger partial charge in [-0.2, -0.15) is 0 Å². The van der Waals surface area contributed by atoms with E-state index in [1.165, 1.54) is 0 Å². The van der Waals surface area contributed by atoms with Gasteiger partial charge in [0.1, 0.15) is 0 Å². The third-order valence-corrected chi connectivity index (χ3v) is 4.04. The number of benzene rings is 1. The third-order valence-electron chi connectivity index (χ3n) is 3.50. The molecule has 3 nitrogen and oxygen atoms in total. The molecular weight excluding hydrogens is 319 g/mol. The van der Waals surface area contributed by atoms with Crippen molar-refractivity contribution in [3.63, 3.8) is 0 Å². The standard InChI is InChI=1S/C14H18Cl2N2O.ClH/c1-8(17)5-13(19)18-4-3-10-6-11(15)7-12(16)14(10)9(18)2;/h6-9H,3-5,17H2,1-2H3;1H. The summed E-state index contributed by atoms with van der Waals surface area (Å²) in [6.45, 7) is 4.53. The smallest absolute Gasteiger partial charge is 0.224 e. The monoisotopic (exact) mass is 336 g/mol. The van der Waals surface area contributed by atoms with E-state index in [1.807, 2.05) is 24.8 Å². The number of amides is 1. The molecule has 0 saturated heterocycles. The first-order valence-corrected chi connectivity index (χ1v) is 7.18. The predicted octanol–water partition coefficient (Wildman–Crippen LogP) is 3.60. The molecule has 1 aliphatic heterocycles. The molecule has 1 amide bonds. The van der Waals surface area contributed by atoms with Crippen LogP contribution in [0.1, 0.15) is 37.4 Å². The van der Waals surface area contributed by atoms with E-state index in [0.29, 0.717) is 23.0 Å². The molecule has 1 heterocycles. The van der Waals surface area contributed by atoms with Crippen LogP contribution in [0, 0.1) is 0 Å². The number of hydrogen-bond acceptors (Lipinski definition) is 2. The van der Waals surface area contributed by atoms with Gasteiger partial charge in [0.15, 0.2) is 0 Å². The van der Waals surface area contributed by atoms with Crippen molar-refractivity contribution in [2.45, 2.75) is 38.8 Å². The van der Waals surface area contributed by atoms with Crippen molar-refractivity contribution >= 4 is 41.5 Å². The molecule has 0 saturated carbocycles. The van der Waals surface area contributed by atoms with Crippen LogP contribution in [0.2, 0.25) is 10.0 Å². The quantitative estimate of drug-likeness (QED) is 0.896. The summed E-state index contributed by atoms with van der Waals surface area (Å²) in [7, 11) is 0. The van der Waals surface area contributed by atoms with Gasteiger partial charge in [-0.3, -0.25) is 4.79 Å². The molecule has 2 rings (SSSR count). The zero-order chi connectivity index (χ0) is 14.2. The normalized spacial score (nSPS) is 19.1. The van der Waals surface area contributed by atoms with Gasteiger partial charge in [-0.25, -0.2) is 0 Å². The average molecular weight is 338 g/mol. The molecule has 0 radical (unpaired) electrons. The minimum Gasteiger partial charge on any atom is -0.335 e. The number of rotatable bonds is 2. The van der Waals surface area contributed by atoms with Gasteiger partial charge in [-0.05, 0) is 43.5 Å². The van der Waals surface area contributed by atoms with Crippen LogP contribution in [0.4, 0.5) is 0 Å². The van der Waals surface area contributed by atoms with E-state index in [1.54, 1.807) is 6.07 Å². The van der Waals surface area contributed by atoms with Gasteiger partial charge in [0.25, 0.3) is 0 Å². The molecule has 0 fully saturated rings. The highest BCUT2D eigenvalue weighted by Gasteiger charge is 2.29. The summed E-state index contributed by atoms with van der Waals surface area (Å²) < 4.78 is 0. The summed E-state index contributed by atoms with van der Waals surface area (Å²) >= 11 is 12.3. The van der Waals surface area contributed by atoms with Gasteiger partial charge in [-0.15, -0.1) is 12.4 Å². The summed E-state index contributed by atoms with van der Waals surface area (Å²) in [5.41, 5.74) is 7.84. The summed E-state index contributed by atoms with van der Waals surface area (Å²) in [5.74, 6) is 0.0826. The number of fused-ring (bicyclic) bond motifs is 1. The Bertz CT molecular complexity index is 505. The number of halogens is 3. The third kappa shape index (κ3) is 3.59. The Kier molecular flexibility index (Phi) is 6.14. The zero-order valence-electron chi connectivity index (χ0n) is 11.5. The first kappa shape index (κ1) is 17.6. The summed E-state index contributed by atoms with van der Waals surface area (Å²) in [6, 6.07) is 3.52. The number of carbonyl (C=O) groups excluding carboxylic acids is 1. The van der Waals surface area contributed by atoms with Crippen LogP contribution in [0.3, 0.4) is 0 Å². The average Bonchev–Trinajstić information content (AvgIpc) is 2.26. The lowest BCUT2D eigenvalue weighted by Gasteiger charge is -2.36. The van der Waals surface area contributed by atoms with E-state index >= 15 is 0 Å². The minimum absolute atomic E-state index is 0. The first-order valence-electron chi connectivity index (χ1n) is 6.43. The molecule has 0 bridgehead atoms. The summed E-state index contributed by atoms with van der Waals surface area (Å²) in [4.78, 5) is 14.0. The summed E-state index contributed by atoms with van der Waals surface area (Å²) in [6.07, 6.45) is 1.15. The van der Waals surface area contributed by atoms with Crippen LogP contribution in [0.5, 0.6) is 0 Å². The van der Waals surface area contributed by atoms with Gasteiger partial charge in [0, 0.05) is 29.1 Å². The van der Waals surface area contributed by atoms with Crippen molar-refractivity contribution in [2.75, 3.05) is 6.54 Å². The van der Waals surface area contributed by atoms with Crippen LogP contribution in [-0.4, -0.2) is 23.4 Å². The van der Waals surface area contributed by atoms with Gasteiger partial charge in [0.05, 0.1) is 6.04 Å². The van der Waals surface area contributed by atoms with Crippen LogP contribution in [0.25, 0.3) is 0 Å². The van der Waals surface area contributed by atoms with Gasteiger partial charge < -0.3 is 10.6 Å². The van der Waals surface area contributed by atoms with Crippen molar-refractivity contribution in [1.29, 1.82) is 0 Å². The van der Waals surface area contributed by atoms with E-state index in [2.05, 4.69) is 0 Å². The molecule has 1 aliphatic rings.